The van der Waals surface area contributed by atoms with Crippen molar-refractivity contribution in [1.29, 1.82) is 0 Å². The van der Waals surface area contributed by atoms with E-state index in [1.807, 2.05) is 0 Å². The Balaban J connectivity index is 1.21. The zero-order valence-corrected chi connectivity index (χ0v) is 21.8. The van der Waals surface area contributed by atoms with Crippen molar-refractivity contribution in [2.24, 2.45) is 5.92 Å². The highest BCUT2D eigenvalue weighted by Crippen LogP contribution is 2.60. The minimum atomic E-state index is -0.654. The van der Waals surface area contributed by atoms with Gasteiger partial charge in [-0.1, -0.05) is 34.5 Å². The molecule has 4 N–H and O–H groups in total. The minimum absolute atomic E-state index is 0.0246. The Morgan fingerprint density at radius 2 is 1.98 bits per heavy atom. The molecule has 6 aromatic rings. The van der Waals surface area contributed by atoms with Crippen LogP contribution in [-0.4, -0.2) is 44.7 Å². The number of benzene rings is 2. The lowest BCUT2D eigenvalue weighted by molar-refractivity contribution is 0.479. The zero-order valence-electron chi connectivity index (χ0n) is 20.3. The van der Waals surface area contributed by atoms with E-state index in [9.17, 15) is 4.79 Å². The van der Waals surface area contributed by atoms with E-state index in [1.54, 1.807) is 47.2 Å². The second-order valence-corrected chi connectivity index (χ2v) is 10.8. The van der Waals surface area contributed by atoms with Crippen LogP contribution in [0.4, 0.5) is 10.2 Å². The first-order valence-corrected chi connectivity index (χ1v) is 13.1. The number of nitrogens with zero attached hydrogens (tertiary/aromatic N) is 7. The number of aromatic amines is 2. The number of aromatic nitrogens is 9. The van der Waals surface area contributed by atoms with Gasteiger partial charge in [0.15, 0.2) is 11.0 Å². The van der Waals surface area contributed by atoms with E-state index in [1.165, 1.54) is 10.7 Å². The molecule has 0 amide bonds. The molecule has 2 aromatic carbocycles. The fraction of sp³-hybridized carbons (Fsp3) is 0.154. The molecule has 0 bridgehead atoms. The second-order valence-electron chi connectivity index (χ2n) is 9.97. The third kappa shape index (κ3) is 3.42. The van der Waals surface area contributed by atoms with Gasteiger partial charge >= 0.3 is 0 Å². The van der Waals surface area contributed by atoms with Crippen molar-refractivity contribution in [3.63, 3.8) is 0 Å². The number of rotatable bonds is 4. The lowest BCUT2D eigenvalue weighted by atomic mass is 10.1. The number of hydrogen-bond acceptors (Lipinski definition) is 7. The summed E-state index contributed by atoms with van der Waals surface area (Å²) in [5.41, 5.74) is 8.84. The molecule has 0 radical (unpaired) electrons. The third-order valence-electron chi connectivity index (χ3n) is 7.63. The van der Waals surface area contributed by atoms with Crippen LogP contribution in [0.25, 0.3) is 39.2 Å². The van der Waals surface area contributed by atoms with Gasteiger partial charge in [0.1, 0.15) is 11.6 Å². The molecule has 198 valence electrons. The molecule has 8 rings (SSSR count). The minimum Gasteiger partial charge on any atom is -0.382 e. The van der Waals surface area contributed by atoms with E-state index in [4.69, 9.17) is 33.9 Å². The van der Waals surface area contributed by atoms with Gasteiger partial charge in [-0.25, -0.2) is 14.6 Å². The van der Waals surface area contributed by atoms with Crippen LogP contribution in [0.3, 0.4) is 0 Å². The largest absolute Gasteiger partial charge is 0.382 e. The molecule has 4 aromatic heterocycles. The fourth-order valence-electron chi connectivity index (χ4n) is 5.74. The van der Waals surface area contributed by atoms with Gasteiger partial charge in [0.25, 0.3) is 5.56 Å². The average Bonchev–Trinajstić information content (AvgIpc) is 3.20. The molecule has 5 heterocycles. The zero-order chi connectivity index (χ0) is 27.3. The van der Waals surface area contributed by atoms with Crippen molar-refractivity contribution in [2.45, 2.75) is 18.4 Å². The molecular formula is C26H17Cl2FN10O. The molecule has 1 fully saturated rings. The summed E-state index contributed by atoms with van der Waals surface area (Å²) in [7, 11) is 0. The van der Waals surface area contributed by atoms with Crippen LogP contribution in [0.15, 0.2) is 53.5 Å². The Morgan fingerprint density at radius 1 is 1.10 bits per heavy atom. The molecule has 1 aliphatic carbocycles. The number of fused-ring (bicyclic) bond motifs is 4. The number of H-pyrrole nitrogens is 2. The summed E-state index contributed by atoms with van der Waals surface area (Å²) in [4.78, 5) is 25.7. The Labute approximate surface area is 233 Å². The summed E-state index contributed by atoms with van der Waals surface area (Å²) in [5.74, 6) is 0.735. The summed E-state index contributed by atoms with van der Waals surface area (Å²) in [6.07, 6.45) is 2.34. The van der Waals surface area contributed by atoms with Crippen molar-refractivity contribution in [3.05, 3.63) is 86.7 Å². The lowest BCUT2D eigenvalue weighted by Crippen LogP contribution is -2.27. The number of nitrogens with one attached hydrogen (secondary N) is 2. The normalized spacial score (nSPS) is 19.2. The van der Waals surface area contributed by atoms with Crippen LogP contribution >= 0.6 is 23.2 Å². The van der Waals surface area contributed by atoms with Gasteiger partial charge in [-0.2, -0.15) is 9.49 Å². The monoisotopic (exact) mass is 574 g/mol. The van der Waals surface area contributed by atoms with Crippen LogP contribution in [0.5, 0.6) is 0 Å². The maximum atomic E-state index is 15.4. The highest BCUT2D eigenvalue weighted by molar-refractivity contribution is 6.31. The predicted molar refractivity (Wildman–Crippen MR) is 146 cm³/mol. The first kappa shape index (κ1) is 23.3. The van der Waals surface area contributed by atoms with Crippen molar-refractivity contribution in [3.8, 4) is 28.3 Å². The average molecular weight is 575 g/mol. The molecule has 11 nitrogen and oxygen atoms in total. The Hall–Kier alpha value is -4.55. The van der Waals surface area contributed by atoms with Crippen LogP contribution in [0.2, 0.25) is 10.2 Å². The van der Waals surface area contributed by atoms with Crippen molar-refractivity contribution >= 4 is 39.9 Å². The number of nitrogens with two attached hydrogens (primary N) is 1. The van der Waals surface area contributed by atoms with Gasteiger partial charge in [-0.05, 0) is 42.7 Å². The molecule has 3 unspecified atom stereocenters. The van der Waals surface area contributed by atoms with Crippen LogP contribution < -0.4 is 11.3 Å². The van der Waals surface area contributed by atoms with E-state index in [2.05, 4.69) is 30.5 Å². The van der Waals surface area contributed by atoms with Gasteiger partial charge in [0.05, 0.1) is 34.8 Å². The van der Waals surface area contributed by atoms with E-state index in [0.717, 1.165) is 11.8 Å². The number of anilines is 1. The van der Waals surface area contributed by atoms with Gasteiger partial charge in [-0.15, -0.1) is 5.10 Å². The maximum absolute atomic E-state index is 15.4. The highest BCUT2D eigenvalue weighted by Gasteiger charge is 2.56. The number of halogens is 3. The van der Waals surface area contributed by atoms with Crippen LogP contribution in [0.1, 0.15) is 29.9 Å². The Morgan fingerprint density at radius 3 is 2.80 bits per heavy atom. The molecule has 3 atom stereocenters. The quantitative estimate of drug-likeness (QED) is 0.280. The summed E-state index contributed by atoms with van der Waals surface area (Å²) in [6.45, 7) is 0. The van der Waals surface area contributed by atoms with Crippen LogP contribution in [-0.2, 0) is 0 Å². The summed E-state index contributed by atoms with van der Waals surface area (Å²) in [6, 6.07) is 11.5. The smallest absolute Gasteiger partial charge is 0.254 e. The number of imidazole rings is 1. The molecule has 14 heteroatoms. The van der Waals surface area contributed by atoms with Gasteiger partial charge in [0, 0.05) is 33.5 Å². The molecule has 1 saturated carbocycles. The molecule has 0 saturated heterocycles. The van der Waals surface area contributed by atoms with E-state index in [-0.39, 0.29) is 28.2 Å². The topological polar surface area (TPSA) is 149 Å². The van der Waals surface area contributed by atoms with Gasteiger partial charge < -0.3 is 10.7 Å². The summed E-state index contributed by atoms with van der Waals surface area (Å²) >= 11 is 12.3. The number of hydrogen-bond donors (Lipinski definition) is 3. The van der Waals surface area contributed by atoms with Crippen molar-refractivity contribution in [2.75, 3.05) is 5.73 Å². The second kappa shape index (κ2) is 8.23. The first-order valence-electron chi connectivity index (χ1n) is 12.4. The third-order valence-corrected chi connectivity index (χ3v) is 8.04. The van der Waals surface area contributed by atoms with E-state index >= 15 is 4.39 Å². The molecular weight excluding hydrogens is 558 g/mol. The summed E-state index contributed by atoms with van der Waals surface area (Å²) in [5, 5.41) is 16.2. The molecule has 40 heavy (non-hydrogen) atoms. The Bertz CT molecular complexity index is 2060. The number of nitrogen functional groups attached to an aromatic ring is 1. The van der Waals surface area contributed by atoms with Gasteiger partial charge in [-0.3, -0.25) is 14.5 Å². The van der Waals surface area contributed by atoms with E-state index in [0.29, 0.717) is 50.5 Å². The van der Waals surface area contributed by atoms with Crippen molar-refractivity contribution in [1.82, 2.24) is 44.7 Å². The van der Waals surface area contributed by atoms with Crippen molar-refractivity contribution < 1.29 is 4.39 Å². The SMILES string of the molecule is Nc1n[nH]c2cc(-c3nc(F)c(C4C5CC5c5nc(-c6cc(Cl)ccc6-n6cc(Cl)nn6)cc(=O)n54)[nH]3)ccc12. The maximum Gasteiger partial charge on any atom is 0.254 e. The standard InChI is InChI=1S/C26H17Cl2FN10O/c27-11-2-4-18(38-9-19(28)35-37-38)15(6-11)16-8-20(40)39-22(13-7-14(13)26(39)31-16)21-23(29)33-25(32-21)10-1-3-12-17(5-10)34-36-24(12)30/h1-6,8-9,13-14,22H,7H2,(H,32,33)(H3,30,34,36). The lowest BCUT2D eigenvalue weighted by Gasteiger charge is -2.17. The molecule has 2 aliphatic rings. The Kier molecular flexibility index (Phi) is 4.80. The molecule has 1 aliphatic heterocycles. The highest BCUT2D eigenvalue weighted by atomic mass is 35.5. The predicted octanol–water partition coefficient (Wildman–Crippen LogP) is 4.49. The molecule has 0 spiro atoms. The van der Waals surface area contributed by atoms with Crippen LogP contribution in [0, 0.1) is 11.9 Å². The first-order chi connectivity index (χ1) is 19.4. The van der Waals surface area contributed by atoms with E-state index < -0.39 is 12.0 Å². The summed E-state index contributed by atoms with van der Waals surface area (Å²) < 4.78 is 18.4. The fourth-order valence-corrected chi connectivity index (χ4v) is 6.04. The van der Waals surface area contributed by atoms with Gasteiger partial charge in [0.2, 0.25) is 5.95 Å².